The van der Waals surface area contributed by atoms with Crippen LogP contribution in [0.5, 0.6) is 0 Å². The topological polar surface area (TPSA) is 81.1 Å². The summed E-state index contributed by atoms with van der Waals surface area (Å²) in [6, 6.07) is 6.68. The number of carbonyl (C=O) groups is 1. The average molecular weight is 245 g/mol. The first-order valence-electron chi connectivity index (χ1n) is 5.63. The van der Waals surface area contributed by atoms with E-state index >= 15 is 0 Å². The molecule has 1 aromatic heterocycles. The van der Waals surface area contributed by atoms with Crippen LogP contribution in [0.15, 0.2) is 36.7 Å². The first-order chi connectivity index (χ1) is 8.59. The van der Waals surface area contributed by atoms with Gasteiger partial charge < -0.3 is 15.4 Å². The number of nitrogens with zero attached hydrogens (tertiary/aromatic N) is 2. The Bertz CT molecular complexity index is 563. The Labute approximate surface area is 105 Å². The Balaban J connectivity index is 2.38. The molecule has 0 amide bonds. The molecular formula is C13H15N3O2. The van der Waals surface area contributed by atoms with E-state index in [-0.39, 0.29) is 0 Å². The van der Waals surface area contributed by atoms with Gasteiger partial charge in [0.1, 0.15) is 11.9 Å². The minimum Gasteiger partial charge on any atom is -0.480 e. The monoisotopic (exact) mass is 245 g/mol. The Kier molecular flexibility index (Phi) is 3.43. The normalized spacial score (nSPS) is 12.3. The van der Waals surface area contributed by atoms with Gasteiger partial charge in [0.15, 0.2) is 0 Å². The van der Waals surface area contributed by atoms with Gasteiger partial charge in [0.2, 0.25) is 0 Å². The number of benzene rings is 1. The number of hydrogen-bond acceptors (Lipinski definition) is 3. The van der Waals surface area contributed by atoms with Crippen molar-refractivity contribution >= 4 is 5.97 Å². The second kappa shape index (κ2) is 5.01. The number of aliphatic carboxylic acids is 1. The van der Waals surface area contributed by atoms with Crippen molar-refractivity contribution in [2.24, 2.45) is 12.8 Å². The maximum absolute atomic E-state index is 10.8. The van der Waals surface area contributed by atoms with E-state index in [0.717, 1.165) is 17.0 Å². The zero-order valence-corrected chi connectivity index (χ0v) is 10.1. The largest absolute Gasteiger partial charge is 0.480 e. The number of hydrogen-bond donors (Lipinski definition) is 2. The number of carboxylic acid groups (broad SMARTS) is 1. The zero-order chi connectivity index (χ0) is 13.1. The third kappa shape index (κ3) is 2.41. The highest BCUT2D eigenvalue weighted by molar-refractivity contribution is 5.74. The molecule has 5 nitrogen and oxygen atoms in total. The van der Waals surface area contributed by atoms with Crippen LogP contribution in [0.25, 0.3) is 11.4 Å². The molecule has 5 heteroatoms. The maximum Gasteiger partial charge on any atom is 0.320 e. The number of carboxylic acids is 1. The van der Waals surface area contributed by atoms with Crippen molar-refractivity contribution in [3.05, 3.63) is 42.2 Å². The van der Waals surface area contributed by atoms with Crippen LogP contribution in [-0.2, 0) is 18.3 Å². The molecule has 0 aliphatic rings. The van der Waals surface area contributed by atoms with Gasteiger partial charge in [0, 0.05) is 25.0 Å². The summed E-state index contributed by atoms with van der Waals surface area (Å²) in [4.78, 5) is 15.1. The third-order valence-electron chi connectivity index (χ3n) is 2.84. The molecule has 2 rings (SSSR count). The van der Waals surface area contributed by atoms with Crippen molar-refractivity contribution in [3.8, 4) is 11.4 Å². The Hall–Kier alpha value is -2.14. The standard InChI is InChI=1S/C13H15N3O2/c1-16-7-6-15-12(16)10-5-3-2-4-9(10)8-11(14)13(17)18/h2-7,11H,8,14H2,1H3,(H,17,18). The summed E-state index contributed by atoms with van der Waals surface area (Å²) in [6.07, 6.45) is 3.85. The van der Waals surface area contributed by atoms with Gasteiger partial charge in [-0.2, -0.15) is 0 Å². The summed E-state index contributed by atoms with van der Waals surface area (Å²) in [5, 5.41) is 8.87. The lowest BCUT2D eigenvalue weighted by Gasteiger charge is -2.11. The van der Waals surface area contributed by atoms with E-state index < -0.39 is 12.0 Å². The van der Waals surface area contributed by atoms with Crippen molar-refractivity contribution in [3.63, 3.8) is 0 Å². The van der Waals surface area contributed by atoms with Crippen molar-refractivity contribution in [2.45, 2.75) is 12.5 Å². The minimum atomic E-state index is -0.996. The summed E-state index contributed by atoms with van der Waals surface area (Å²) in [5.74, 6) is -0.187. The fourth-order valence-corrected chi connectivity index (χ4v) is 1.87. The number of imidazole rings is 1. The summed E-state index contributed by atoms with van der Waals surface area (Å²) in [7, 11) is 1.90. The fraction of sp³-hybridized carbons (Fsp3) is 0.231. The molecule has 94 valence electrons. The fourth-order valence-electron chi connectivity index (χ4n) is 1.87. The SMILES string of the molecule is Cn1ccnc1-c1ccccc1CC(N)C(=O)O. The van der Waals surface area contributed by atoms with Gasteiger partial charge in [-0.05, 0) is 12.0 Å². The van der Waals surface area contributed by atoms with Gasteiger partial charge in [0.25, 0.3) is 0 Å². The van der Waals surface area contributed by atoms with Gasteiger partial charge >= 0.3 is 5.97 Å². The van der Waals surface area contributed by atoms with Crippen LogP contribution in [0.4, 0.5) is 0 Å². The number of nitrogens with two attached hydrogens (primary N) is 1. The lowest BCUT2D eigenvalue weighted by atomic mass is 10.00. The van der Waals surface area contributed by atoms with Crippen LogP contribution in [0.1, 0.15) is 5.56 Å². The van der Waals surface area contributed by atoms with Crippen LogP contribution in [0.2, 0.25) is 0 Å². The van der Waals surface area contributed by atoms with Crippen molar-refractivity contribution < 1.29 is 9.90 Å². The van der Waals surface area contributed by atoms with E-state index in [1.165, 1.54) is 0 Å². The first kappa shape index (κ1) is 12.3. The molecule has 0 saturated heterocycles. The molecule has 1 heterocycles. The molecule has 2 aromatic rings. The van der Waals surface area contributed by atoms with Crippen LogP contribution >= 0.6 is 0 Å². The molecular weight excluding hydrogens is 230 g/mol. The molecule has 0 bridgehead atoms. The van der Waals surface area contributed by atoms with Crippen LogP contribution < -0.4 is 5.73 Å². The van der Waals surface area contributed by atoms with Crippen molar-refractivity contribution in [2.75, 3.05) is 0 Å². The Morgan fingerprint density at radius 3 is 2.83 bits per heavy atom. The van der Waals surface area contributed by atoms with E-state index in [1.54, 1.807) is 6.20 Å². The quantitative estimate of drug-likeness (QED) is 0.843. The lowest BCUT2D eigenvalue weighted by Crippen LogP contribution is -2.32. The molecule has 1 unspecified atom stereocenters. The molecule has 0 radical (unpaired) electrons. The second-order valence-corrected chi connectivity index (χ2v) is 4.17. The van der Waals surface area contributed by atoms with E-state index in [1.807, 2.05) is 42.1 Å². The molecule has 0 saturated carbocycles. The molecule has 0 aliphatic carbocycles. The van der Waals surface area contributed by atoms with Gasteiger partial charge in [-0.25, -0.2) is 4.98 Å². The van der Waals surface area contributed by atoms with Crippen LogP contribution in [-0.4, -0.2) is 26.7 Å². The zero-order valence-electron chi connectivity index (χ0n) is 10.1. The van der Waals surface area contributed by atoms with Crippen LogP contribution in [0, 0.1) is 0 Å². The highest BCUT2D eigenvalue weighted by atomic mass is 16.4. The van der Waals surface area contributed by atoms with Gasteiger partial charge in [-0.3, -0.25) is 4.79 Å². The van der Waals surface area contributed by atoms with E-state index in [0.29, 0.717) is 6.42 Å². The van der Waals surface area contributed by atoms with Crippen molar-refractivity contribution in [1.29, 1.82) is 0 Å². The number of rotatable bonds is 4. The number of aromatic nitrogens is 2. The predicted octanol–water partition coefficient (Wildman–Crippen LogP) is 1.04. The molecule has 1 aromatic carbocycles. The Morgan fingerprint density at radius 2 is 2.22 bits per heavy atom. The van der Waals surface area contributed by atoms with Gasteiger partial charge in [0.05, 0.1) is 0 Å². The molecule has 1 atom stereocenters. The second-order valence-electron chi connectivity index (χ2n) is 4.17. The van der Waals surface area contributed by atoms with E-state index in [4.69, 9.17) is 10.8 Å². The third-order valence-corrected chi connectivity index (χ3v) is 2.84. The van der Waals surface area contributed by atoms with Gasteiger partial charge in [-0.1, -0.05) is 24.3 Å². The Morgan fingerprint density at radius 1 is 1.50 bits per heavy atom. The van der Waals surface area contributed by atoms with Gasteiger partial charge in [-0.15, -0.1) is 0 Å². The summed E-state index contributed by atoms with van der Waals surface area (Å²) < 4.78 is 1.89. The first-order valence-corrected chi connectivity index (χ1v) is 5.63. The molecule has 0 aliphatic heterocycles. The highest BCUT2D eigenvalue weighted by Gasteiger charge is 2.16. The minimum absolute atomic E-state index is 0.290. The molecule has 0 spiro atoms. The van der Waals surface area contributed by atoms with Crippen LogP contribution in [0.3, 0.4) is 0 Å². The maximum atomic E-state index is 10.8. The summed E-state index contributed by atoms with van der Waals surface area (Å²) >= 11 is 0. The lowest BCUT2D eigenvalue weighted by molar-refractivity contribution is -0.138. The highest BCUT2D eigenvalue weighted by Crippen LogP contribution is 2.22. The van der Waals surface area contributed by atoms with Crippen molar-refractivity contribution in [1.82, 2.24) is 9.55 Å². The predicted molar refractivity (Wildman–Crippen MR) is 68.0 cm³/mol. The average Bonchev–Trinajstić information content (AvgIpc) is 2.76. The van der Waals surface area contributed by atoms with E-state index in [9.17, 15) is 4.79 Å². The summed E-state index contributed by atoms with van der Waals surface area (Å²) in [5.41, 5.74) is 7.39. The molecule has 3 N–H and O–H groups in total. The summed E-state index contributed by atoms with van der Waals surface area (Å²) in [6.45, 7) is 0. The number of aryl methyl sites for hydroxylation is 1. The molecule has 18 heavy (non-hydrogen) atoms. The smallest absolute Gasteiger partial charge is 0.320 e. The molecule has 0 fully saturated rings. The van der Waals surface area contributed by atoms with E-state index in [2.05, 4.69) is 4.98 Å².